The molecule has 1 fully saturated rings. The van der Waals surface area contributed by atoms with Crippen LogP contribution in [0.5, 0.6) is 5.75 Å². The van der Waals surface area contributed by atoms with Crippen molar-refractivity contribution >= 4 is 23.0 Å². The number of nitro benzene ring substituents is 1. The maximum atomic E-state index is 12.3. The molecule has 2 aromatic carbocycles. The zero-order valence-corrected chi connectivity index (χ0v) is 15.3. The summed E-state index contributed by atoms with van der Waals surface area (Å²) < 4.78 is 5.36. The van der Waals surface area contributed by atoms with Gasteiger partial charge in [0.1, 0.15) is 0 Å². The fourth-order valence-electron chi connectivity index (χ4n) is 3.16. The van der Waals surface area contributed by atoms with Crippen LogP contribution in [0.4, 0.5) is 17.1 Å². The van der Waals surface area contributed by atoms with Gasteiger partial charge >= 0.3 is 5.69 Å². The summed E-state index contributed by atoms with van der Waals surface area (Å²) >= 11 is 0. The summed E-state index contributed by atoms with van der Waals surface area (Å²) in [5.41, 5.74) is 1.56. The smallest absolute Gasteiger partial charge is 0.310 e. The van der Waals surface area contributed by atoms with Crippen LogP contribution in [0.1, 0.15) is 19.8 Å². The number of nitrogens with one attached hydrogen (secondary N) is 1. The molecule has 0 unspecified atom stereocenters. The fourth-order valence-corrected chi connectivity index (χ4v) is 3.16. The van der Waals surface area contributed by atoms with Crippen LogP contribution >= 0.6 is 0 Å². The molecule has 1 heterocycles. The molecule has 142 valence electrons. The Morgan fingerprint density at radius 3 is 2.59 bits per heavy atom. The number of carbonyl (C=O) groups is 1. The van der Waals surface area contributed by atoms with Gasteiger partial charge < -0.3 is 15.0 Å². The summed E-state index contributed by atoms with van der Waals surface area (Å²) in [6.45, 7) is 3.88. The van der Waals surface area contributed by atoms with Gasteiger partial charge in [0.25, 0.3) is 5.91 Å². The molecule has 1 aliphatic heterocycles. The van der Waals surface area contributed by atoms with E-state index in [4.69, 9.17) is 4.74 Å². The highest BCUT2D eigenvalue weighted by atomic mass is 16.6. The number of nitrogens with zero attached hydrogens (tertiary/aromatic N) is 2. The molecule has 27 heavy (non-hydrogen) atoms. The van der Waals surface area contributed by atoms with Gasteiger partial charge in [-0.1, -0.05) is 31.2 Å². The average Bonchev–Trinajstić information content (AvgIpc) is 2.68. The summed E-state index contributed by atoms with van der Waals surface area (Å²) in [5, 5.41) is 13.9. The van der Waals surface area contributed by atoms with Gasteiger partial charge in [-0.25, -0.2) is 0 Å². The number of amides is 1. The lowest BCUT2D eigenvalue weighted by Gasteiger charge is -2.33. The molecule has 2 aromatic rings. The SMILES string of the molecule is CC1CCN(c2ccccc2NC(=O)COc2ccccc2[N+](=O)[O-])CC1. The molecule has 0 aliphatic carbocycles. The number of carbonyl (C=O) groups excluding carboxylic acids is 1. The van der Waals surface area contributed by atoms with Crippen molar-refractivity contribution in [2.24, 2.45) is 5.92 Å². The van der Waals surface area contributed by atoms with E-state index in [1.807, 2.05) is 24.3 Å². The second-order valence-electron chi connectivity index (χ2n) is 6.75. The molecule has 7 nitrogen and oxygen atoms in total. The highest BCUT2D eigenvalue weighted by Crippen LogP contribution is 2.30. The van der Waals surface area contributed by atoms with Crippen LogP contribution in [0.2, 0.25) is 0 Å². The minimum absolute atomic E-state index is 0.0796. The first kappa shape index (κ1) is 18.7. The number of para-hydroxylation sites is 4. The third-order valence-electron chi connectivity index (χ3n) is 4.72. The standard InChI is InChI=1S/C20H23N3O4/c1-15-10-12-22(13-11-15)17-7-3-2-6-16(17)21-20(24)14-27-19-9-5-4-8-18(19)23(25)26/h2-9,15H,10-14H2,1H3,(H,21,24). The number of hydrogen-bond donors (Lipinski definition) is 1. The zero-order valence-electron chi connectivity index (χ0n) is 15.3. The molecule has 1 saturated heterocycles. The molecule has 1 amide bonds. The molecule has 0 spiro atoms. The fraction of sp³-hybridized carbons (Fsp3) is 0.350. The van der Waals surface area contributed by atoms with E-state index in [1.54, 1.807) is 12.1 Å². The van der Waals surface area contributed by atoms with Gasteiger partial charge in [0, 0.05) is 19.2 Å². The number of rotatable bonds is 6. The third kappa shape index (κ3) is 4.75. The molecule has 1 N–H and O–H groups in total. The third-order valence-corrected chi connectivity index (χ3v) is 4.72. The first-order valence-corrected chi connectivity index (χ1v) is 9.04. The summed E-state index contributed by atoms with van der Waals surface area (Å²) in [6.07, 6.45) is 2.26. The van der Waals surface area contributed by atoms with Crippen LogP contribution in [0.15, 0.2) is 48.5 Å². The van der Waals surface area contributed by atoms with Gasteiger partial charge in [-0.05, 0) is 37.0 Å². The number of piperidine rings is 1. The van der Waals surface area contributed by atoms with E-state index in [9.17, 15) is 14.9 Å². The first-order valence-electron chi connectivity index (χ1n) is 9.04. The van der Waals surface area contributed by atoms with Crippen molar-refractivity contribution in [2.75, 3.05) is 29.9 Å². The van der Waals surface area contributed by atoms with Crippen LogP contribution in [0, 0.1) is 16.0 Å². The van der Waals surface area contributed by atoms with Gasteiger partial charge in [0.2, 0.25) is 0 Å². The summed E-state index contributed by atoms with van der Waals surface area (Å²) in [4.78, 5) is 25.1. The van der Waals surface area contributed by atoms with Gasteiger partial charge in [0.15, 0.2) is 12.4 Å². The van der Waals surface area contributed by atoms with E-state index in [0.29, 0.717) is 0 Å². The van der Waals surface area contributed by atoms with Crippen molar-refractivity contribution < 1.29 is 14.5 Å². The van der Waals surface area contributed by atoms with Gasteiger partial charge in [-0.3, -0.25) is 14.9 Å². The van der Waals surface area contributed by atoms with Gasteiger partial charge in [-0.15, -0.1) is 0 Å². The highest BCUT2D eigenvalue weighted by Gasteiger charge is 2.19. The average molecular weight is 369 g/mol. The monoisotopic (exact) mass is 369 g/mol. The maximum absolute atomic E-state index is 12.3. The Hall–Kier alpha value is -3.09. The normalized spacial score (nSPS) is 14.6. The topological polar surface area (TPSA) is 84.7 Å². The highest BCUT2D eigenvalue weighted by molar-refractivity contribution is 5.95. The largest absolute Gasteiger partial charge is 0.477 e. The predicted octanol–water partition coefficient (Wildman–Crippen LogP) is 3.85. The lowest BCUT2D eigenvalue weighted by molar-refractivity contribution is -0.385. The lowest BCUT2D eigenvalue weighted by Crippen LogP contribution is -2.33. The van der Waals surface area contributed by atoms with Crippen molar-refractivity contribution in [3.63, 3.8) is 0 Å². The molecular formula is C20H23N3O4. The van der Waals surface area contributed by atoms with Crippen LogP contribution in [-0.4, -0.2) is 30.5 Å². The van der Waals surface area contributed by atoms with Crippen LogP contribution in [-0.2, 0) is 4.79 Å². The predicted molar refractivity (Wildman–Crippen MR) is 104 cm³/mol. The molecule has 0 bridgehead atoms. The van der Waals surface area contributed by atoms with Gasteiger partial charge in [-0.2, -0.15) is 0 Å². The summed E-state index contributed by atoms with van der Waals surface area (Å²) in [6, 6.07) is 13.7. The Morgan fingerprint density at radius 2 is 1.85 bits per heavy atom. The Kier molecular flexibility index (Phi) is 5.90. The van der Waals surface area contributed by atoms with E-state index >= 15 is 0 Å². The van der Waals surface area contributed by atoms with Crippen molar-refractivity contribution in [2.45, 2.75) is 19.8 Å². The summed E-state index contributed by atoms with van der Waals surface area (Å²) in [5.74, 6) is 0.444. The molecule has 7 heteroatoms. The number of nitro groups is 1. The minimum atomic E-state index is -0.528. The minimum Gasteiger partial charge on any atom is -0.477 e. The Labute approximate surface area is 158 Å². The van der Waals surface area contributed by atoms with Crippen molar-refractivity contribution in [1.82, 2.24) is 0 Å². The maximum Gasteiger partial charge on any atom is 0.310 e. The van der Waals surface area contributed by atoms with E-state index < -0.39 is 4.92 Å². The second kappa shape index (κ2) is 8.53. The molecule has 0 saturated carbocycles. The van der Waals surface area contributed by atoms with Crippen LogP contribution < -0.4 is 15.0 Å². The number of hydrogen-bond acceptors (Lipinski definition) is 5. The van der Waals surface area contributed by atoms with E-state index in [1.165, 1.54) is 12.1 Å². The van der Waals surface area contributed by atoms with E-state index in [2.05, 4.69) is 17.1 Å². The van der Waals surface area contributed by atoms with Crippen LogP contribution in [0.3, 0.4) is 0 Å². The van der Waals surface area contributed by atoms with Crippen molar-refractivity contribution in [3.8, 4) is 5.75 Å². The van der Waals surface area contributed by atoms with Gasteiger partial charge in [0.05, 0.1) is 16.3 Å². The lowest BCUT2D eigenvalue weighted by atomic mass is 9.98. The Morgan fingerprint density at radius 1 is 1.19 bits per heavy atom. The zero-order chi connectivity index (χ0) is 19.2. The Balaban J connectivity index is 1.64. The molecule has 0 atom stereocenters. The summed E-state index contributed by atoms with van der Waals surface area (Å²) in [7, 11) is 0. The molecule has 1 aliphatic rings. The molecular weight excluding hydrogens is 346 g/mol. The van der Waals surface area contributed by atoms with E-state index in [-0.39, 0.29) is 24.0 Å². The van der Waals surface area contributed by atoms with Crippen molar-refractivity contribution in [3.05, 3.63) is 58.6 Å². The number of ether oxygens (including phenoxy) is 1. The van der Waals surface area contributed by atoms with Crippen molar-refractivity contribution in [1.29, 1.82) is 0 Å². The molecule has 0 radical (unpaired) electrons. The van der Waals surface area contributed by atoms with E-state index in [0.717, 1.165) is 43.2 Å². The molecule has 0 aromatic heterocycles. The second-order valence-corrected chi connectivity index (χ2v) is 6.75. The van der Waals surface area contributed by atoms with Crippen LogP contribution in [0.25, 0.3) is 0 Å². The quantitative estimate of drug-likeness (QED) is 0.617. The first-order chi connectivity index (χ1) is 13.0. The molecule has 3 rings (SSSR count). The number of benzene rings is 2. The number of anilines is 2. The Bertz CT molecular complexity index is 816.